The van der Waals surface area contributed by atoms with Gasteiger partial charge in [-0.3, -0.25) is 0 Å². The standard InChI is InChI=1S/C15H17N5O4/c1-14(2)23-11-9(5-21)22-15(6-16,12(11)24-14)10-4-3-8-13(17)18-7-19-20(8)10/h3-4,7,9,11-12,21H,5H2,1-2H3,(H2,17,18,19)/t9-,11?,12?,15+/m1/s1. The minimum absolute atomic E-state index is 0.287. The molecule has 3 N–H and O–H groups in total. The number of nitrogens with two attached hydrogens (primary N) is 1. The van der Waals surface area contributed by atoms with E-state index in [9.17, 15) is 10.4 Å². The highest BCUT2D eigenvalue weighted by molar-refractivity contribution is 5.66. The first-order valence-corrected chi connectivity index (χ1v) is 7.56. The lowest BCUT2D eigenvalue weighted by Gasteiger charge is -2.28. The van der Waals surface area contributed by atoms with E-state index in [-0.39, 0.29) is 6.61 Å². The van der Waals surface area contributed by atoms with E-state index in [1.807, 2.05) is 0 Å². The second-order valence-corrected chi connectivity index (χ2v) is 6.37. The van der Waals surface area contributed by atoms with Crippen molar-refractivity contribution in [3.63, 3.8) is 0 Å². The summed E-state index contributed by atoms with van der Waals surface area (Å²) in [6, 6.07) is 5.63. The van der Waals surface area contributed by atoms with Gasteiger partial charge in [0.15, 0.2) is 11.6 Å². The third kappa shape index (κ3) is 1.88. The molecule has 2 aliphatic heterocycles. The van der Waals surface area contributed by atoms with Crippen LogP contribution in [0.2, 0.25) is 0 Å². The summed E-state index contributed by atoms with van der Waals surface area (Å²) in [7, 11) is 0. The van der Waals surface area contributed by atoms with Gasteiger partial charge >= 0.3 is 0 Å². The lowest BCUT2D eigenvalue weighted by molar-refractivity contribution is -0.204. The molecular weight excluding hydrogens is 314 g/mol. The Kier molecular flexibility index (Phi) is 3.10. The molecular formula is C15H17N5O4. The number of fused-ring (bicyclic) bond motifs is 2. The second-order valence-electron chi connectivity index (χ2n) is 6.37. The van der Waals surface area contributed by atoms with Gasteiger partial charge in [0.25, 0.3) is 0 Å². The predicted molar refractivity (Wildman–Crippen MR) is 80.5 cm³/mol. The molecule has 0 saturated carbocycles. The molecule has 2 aliphatic rings. The third-order valence-electron chi connectivity index (χ3n) is 4.44. The first kappa shape index (κ1) is 15.3. The van der Waals surface area contributed by atoms with Crippen LogP contribution >= 0.6 is 0 Å². The molecule has 0 radical (unpaired) electrons. The number of nitriles is 1. The van der Waals surface area contributed by atoms with Crippen molar-refractivity contribution in [2.45, 2.75) is 43.5 Å². The van der Waals surface area contributed by atoms with Crippen LogP contribution in [0.15, 0.2) is 18.5 Å². The van der Waals surface area contributed by atoms with Gasteiger partial charge in [0.1, 0.15) is 36.2 Å². The maximum atomic E-state index is 9.97. The maximum absolute atomic E-state index is 9.97. The molecule has 2 fully saturated rings. The number of hydrogen-bond acceptors (Lipinski definition) is 8. The number of rotatable bonds is 2. The fourth-order valence-electron chi connectivity index (χ4n) is 3.48. The molecule has 2 saturated heterocycles. The van der Waals surface area contributed by atoms with Crippen LogP contribution in [-0.2, 0) is 19.8 Å². The van der Waals surface area contributed by atoms with Crippen LogP contribution < -0.4 is 5.73 Å². The predicted octanol–water partition coefficient (Wildman–Crippen LogP) is -0.0584. The van der Waals surface area contributed by atoms with Crippen molar-refractivity contribution >= 4 is 11.3 Å². The lowest BCUT2D eigenvalue weighted by Crippen LogP contribution is -2.40. The zero-order valence-electron chi connectivity index (χ0n) is 13.2. The van der Waals surface area contributed by atoms with Gasteiger partial charge in [-0.15, -0.1) is 0 Å². The largest absolute Gasteiger partial charge is 0.394 e. The summed E-state index contributed by atoms with van der Waals surface area (Å²) in [5.74, 6) is -0.586. The molecule has 0 aromatic carbocycles. The van der Waals surface area contributed by atoms with Crippen LogP contribution in [0.4, 0.5) is 5.82 Å². The Labute approximate surface area is 137 Å². The highest BCUT2D eigenvalue weighted by Gasteiger charge is 2.65. The average Bonchev–Trinajstić information content (AvgIpc) is 3.18. The Morgan fingerprint density at radius 3 is 2.88 bits per heavy atom. The van der Waals surface area contributed by atoms with E-state index in [2.05, 4.69) is 16.2 Å². The number of hydrogen-bond donors (Lipinski definition) is 2. The van der Waals surface area contributed by atoms with Crippen LogP contribution in [0, 0.1) is 11.3 Å². The number of aliphatic hydroxyl groups excluding tert-OH is 1. The Morgan fingerprint density at radius 2 is 2.17 bits per heavy atom. The smallest absolute Gasteiger partial charge is 0.226 e. The minimum Gasteiger partial charge on any atom is -0.394 e. The summed E-state index contributed by atoms with van der Waals surface area (Å²) in [6.45, 7) is 3.24. The molecule has 0 amide bonds. The Balaban J connectivity index is 1.90. The SMILES string of the molecule is CC1(C)OC2C(O1)[C@](C#N)(c1ccc3c(N)ncnn13)O[C@@H]2CO. The monoisotopic (exact) mass is 331 g/mol. The van der Waals surface area contributed by atoms with E-state index in [1.54, 1.807) is 26.0 Å². The zero-order valence-corrected chi connectivity index (χ0v) is 13.2. The van der Waals surface area contributed by atoms with Crippen LogP contribution in [0.3, 0.4) is 0 Å². The van der Waals surface area contributed by atoms with E-state index in [0.717, 1.165) is 0 Å². The fourth-order valence-corrected chi connectivity index (χ4v) is 3.48. The van der Waals surface area contributed by atoms with Crippen molar-refractivity contribution in [2.24, 2.45) is 0 Å². The number of aliphatic hydroxyl groups is 1. The molecule has 2 aromatic rings. The summed E-state index contributed by atoms with van der Waals surface area (Å²) in [5, 5.41) is 23.8. The van der Waals surface area contributed by atoms with Crippen LogP contribution in [0.25, 0.3) is 5.52 Å². The van der Waals surface area contributed by atoms with Gasteiger partial charge in [-0.1, -0.05) is 0 Å². The first-order chi connectivity index (χ1) is 11.4. The topological polar surface area (TPSA) is 128 Å². The molecule has 24 heavy (non-hydrogen) atoms. The van der Waals surface area contributed by atoms with Gasteiger partial charge in [0.05, 0.1) is 12.3 Å². The number of nitrogens with zero attached hydrogens (tertiary/aromatic N) is 4. The average molecular weight is 331 g/mol. The molecule has 9 heteroatoms. The Bertz CT molecular complexity index is 844. The van der Waals surface area contributed by atoms with Crippen molar-refractivity contribution < 1.29 is 19.3 Å². The van der Waals surface area contributed by atoms with Crippen molar-refractivity contribution in [3.05, 3.63) is 24.2 Å². The van der Waals surface area contributed by atoms with Gasteiger partial charge < -0.3 is 25.1 Å². The highest BCUT2D eigenvalue weighted by atomic mass is 16.8. The number of nitrogen functional groups attached to an aromatic ring is 1. The summed E-state index contributed by atoms with van der Waals surface area (Å²) in [4.78, 5) is 3.94. The summed E-state index contributed by atoms with van der Waals surface area (Å²) in [5.41, 5.74) is 5.41. The molecule has 0 aliphatic carbocycles. The van der Waals surface area contributed by atoms with Crippen LogP contribution in [-0.4, -0.2) is 50.4 Å². The number of anilines is 1. The van der Waals surface area contributed by atoms with Gasteiger partial charge in [-0.25, -0.2) is 9.50 Å². The molecule has 126 valence electrons. The lowest BCUT2D eigenvalue weighted by atomic mass is 9.92. The normalized spacial score (nSPS) is 34.3. The Morgan fingerprint density at radius 1 is 1.38 bits per heavy atom. The van der Waals surface area contributed by atoms with Gasteiger partial charge in [0.2, 0.25) is 5.60 Å². The van der Waals surface area contributed by atoms with Crippen LogP contribution in [0.1, 0.15) is 19.5 Å². The minimum atomic E-state index is -1.47. The van der Waals surface area contributed by atoms with E-state index >= 15 is 0 Å². The molecule has 0 bridgehead atoms. The molecule has 9 nitrogen and oxygen atoms in total. The molecule has 2 unspecified atom stereocenters. The van der Waals surface area contributed by atoms with E-state index in [1.165, 1.54) is 10.8 Å². The first-order valence-electron chi connectivity index (χ1n) is 7.56. The highest BCUT2D eigenvalue weighted by Crippen LogP contribution is 2.49. The third-order valence-corrected chi connectivity index (χ3v) is 4.44. The van der Waals surface area contributed by atoms with Gasteiger partial charge in [-0.05, 0) is 26.0 Å². The van der Waals surface area contributed by atoms with Crippen molar-refractivity contribution in [1.29, 1.82) is 5.26 Å². The molecule has 4 atom stereocenters. The van der Waals surface area contributed by atoms with Crippen molar-refractivity contribution in [3.8, 4) is 6.07 Å². The molecule has 4 rings (SSSR count). The number of aromatic nitrogens is 3. The molecule has 4 heterocycles. The zero-order chi connectivity index (χ0) is 17.1. The van der Waals surface area contributed by atoms with E-state index in [0.29, 0.717) is 17.0 Å². The molecule has 2 aromatic heterocycles. The summed E-state index contributed by atoms with van der Waals surface area (Å²) < 4.78 is 19.2. The Hall–Kier alpha value is -2.25. The van der Waals surface area contributed by atoms with Crippen LogP contribution in [0.5, 0.6) is 0 Å². The summed E-state index contributed by atoms with van der Waals surface area (Å²) in [6.07, 6.45) is -0.637. The second kappa shape index (κ2) is 4.87. The van der Waals surface area contributed by atoms with Gasteiger partial charge in [-0.2, -0.15) is 10.4 Å². The molecule has 0 spiro atoms. The number of ether oxygens (including phenoxy) is 3. The van der Waals surface area contributed by atoms with E-state index < -0.39 is 29.7 Å². The van der Waals surface area contributed by atoms with Crippen molar-refractivity contribution in [2.75, 3.05) is 12.3 Å². The van der Waals surface area contributed by atoms with E-state index in [4.69, 9.17) is 19.9 Å². The summed E-state index contributed by atoms with van der Waals surface area (Å²) >= 11 is 0. The quantitative estimate of drug-likeness (QED) is 0.783. The van der Waals surface area contributed by atoms with Gasteiger partial charge in [0, 0.05) is 0 Å². The van der Waals surface area contributed by atoms with Crippen molar-refractivity contribution in [1.82, 2.24) is 14.6 Å². The fraction of sp³-hybridized carbons (Fsp3) is 0.533. The maximum Gasteiger partial charge on any atom is 0.226 e.